The second-order valence-corrected chi connectivity index (χ2v) is 6.64. The van der Waals surface area contributed by atoms with Gasteiger partial charge in [0.25, 0.3) is 0 Å². The van der Waals surface area contributed by atoms with Crippen molar-refractivity contribution in [1.82, 2.24) is 0 Å². The maximum Gasteiger partial charge on any atom is 0.0332 e. The Labute approximate surface area is 125 Å². The minimum absolute atomic E-state index is 0.0644. The lowest BCUT2D eigenvalue weighted by atomic mass is 9.80. The highest BCUT2D eigenvalue weighted by atomic mass is 35.5. The number of thioether (sulfide) groups is 1. The smallest absolute Gasteiger partial charge is 0.0332 e. The third-order valence-electron chi connectivity index (χ3n) is 3.32. The highest BCUT2D eigenvalue weighted by Crippen LogP contribution is 2.33. The second-order valence-electron chi connectivity index (χ2n) is 4.71. The van der Waals surface area contributed by atoms with Gasteiger partial charge in [-0.25, -0.2) is 0 Å². The van der Waals surface area contributed by atoms with Gasteiger partial charge in [0.2, 0.25) is 0 Å². The number of hydrogen-bond acceptors (Lipinski definition) is 1. The maximum atomic E-state index is 6.22. The van der Waals surface area contributed by atoms with Gasteiger partial charge in [0.15, 0.2) is 0 Å². The molecule has 0 saturated heterocycles. The lowest BCUT2D eigenvalue weighted by Crippen LogP contribution is -2.30. The summed E-state index contributed by atoms with van der Waals surface area (Å²) in [5.74, 6) is 3.56. The molecule has 0 amide bonds. The number of aryl methyl sites for hydroxylation is 1. The Kier molecular flexibility index (Phi) is 7.51. The average Bonchev–Trinajstić information content (AvgIpc) is 2.41. The summed E-state index contributed by atoms with van der Waals surface area (Å²) < 4.78 is 0. The van der Waals surface area contributed by atoms with Crippen molar-refractivity contribution in [1.29, 1.82) is 0 Å². The number of rotatable bonds is 8. The van der Waals surface area contributed by atoms with Gasteiger partial charge in [0.1, 0.15) is 0 Å². The summed E-state index contributed by atoms with van der Waals surface area (Å²) in [6.45, 7) is 4.30. The minimum Gasteiger partial charge on any atom is -0.162 e. The number of halogens is 2. The van der Waals surface area contributed by atoms with Gasteiger partial charge in [-0.2, -0.15) is 11.8 Å². The Hall–Kier alpha value is 0.150. The second kappa shape index (κ2) is 8.35. The molecular formula is C15H22Cl2S. The molecule has 0 spiro atoms. The van der Waals surface area contributed by atoms with Crippen molar-refractivity contribution in [3.8, 4) is 0 Å². The average molecular weight is 305 g/mol. The van der Waals surface area contributed by atoms with Crippen molar-refractivity contribution >= 4 is 35.0 Å². The summed E-state index contributed by atoms with van der Waals surface area (Å²) in [5.41, 5.74) is 2.49. The molecule has 0 aliphatic carbocycles. The molecule has 0 aliphatic heterocycles. The largest absolute Gasteiger partial charge is 0.162 e. The molecule has 0 fully saturated rings. The van der Waals surface area contributed by atoms with E-state index in [1.54, 1.807) is 0 Å². The van der Waals surface area contributed by atoms with E-state index >= 15 is 0 Å². The number of alkyl halides is 2. The summed E-state index contributed by atoms with van der Waals surface area (Å²) in [6, 6.07) is 8.63. The van der Waals surface area contributed by atoms with Gasteiger partial charge in [0.05, 0.1) is 0 Å². The fourth-order valence-electron chi connectivity index (χ4n) is 2.03. The van der Waals surface area contributed by atoms with Gasteiger partial charge >= 0.3 is 0 Å². The third-order valence-corrected chi connectivity index (χ3v) is 5.33. The Morgan fingerprint density at radius 3 is 2.22 bits per heavy atom. The molecular weight excluding hydrogens is 283 g/mol. The van der Waals surface area contributed by atoms with Gasteiger partial charge < -0.3 is 0 Å². The zero-order valence-electron chi connectivity index (χ0n) is 11.2. The summed E-state index contributed by atoms with van der Waals surface area (Å²) in [6.07, 6.45) is 2.24. The van der Waals surface area contributed by atoms with E-state index in [1.807, 2.05) is 11.8 Å². The molecule has 18 heavy (non-hydrogen) atoms. The number of benzene rings is 1. The Morgan fingerprint density at radius 2 is 1.72 bits per heavy atom. The van der Waals surface area contributed by atoms with Gasteiger partial charge in [-0.1, -0.05) is 36.8 Å². The fraction of sp³-hybridized carbons (Fsp3) is 0.600. The van der Waals surface area contributed by atoms with E-state index in [9.17, 15) is 0 Å². The highest BCUT2D eigenvalue weighted by molar-refractivity contribution is 7.99. The standard InChI is InChI=1S/C15H22Cl2S/c1-3-18-10-4-9-15(11-16,12-17)14-7-5-13(2)6-8-14/h5-8H,3-4,9-12H2,1-2H3. The van der Waals surface area contributed by atoms with Gasteiger partial charge in [-0.15, -0.1) is 23.2 Å². The summed E-state index contributed by atoms with van der Waals surface area (Å²) >= 11 is 14.4. The van der Waals surface area contributed by atoms with Crippen LogP contribution in [0.2, 0.25) is 0 Å². The Morgan fingerprint density at radius 1 is 1.11 bits per heavy atom. The molecule has 1 aromatic carbocycles. The van der Waals surface area contributed by atoms with Crippen LogP contribution in [0.3, 0.4) is 0 Å². The van der Waals surface area contributed by atoms with Crippen molar-refractivity contribution in [3.05, 3.63) is 35.4 Å². The van der Waals surface area contributed by atoms with Crippen LogP contribution in [0, 0.1) is 6.92 Å². The van der Waals surface area contributed by atoms with Crippen LogP contribution in [0.25, 0.3) is 0 Å². The van der Waals surface area contributed by atoms with Crippen LogP contribution in [-0.2, 0) is 5.41 Å². The third kappa shape index (κ3) is 4.36. The monoisotopic (exact) mass is 304 g/mol. The van der Waals surface area contributed by atoms with Crippen molar-refractivity contribution < 1.29 is 0 Å². The van der Waals surface area contributed by atoms with Gasteiger partial charge in [-0.05, 0) is 36.8 Å². The van der Waals surface area contributed by atoms with E-state index in [4.69, 9.17) is 23.2 Å². The predicted octanol–water partition coefficient (Wildman–Crippen LogP) is 5.24. The molecule has 0 heterocycles. The lowest BCUT2D eigenvalue weighted by Gasteiger charge is -2.30. The van der Waals surface area contributed by atoms with Gasteiger partial charge in [0, 0.05) is 17.2 Å². The van der Waals surface area contributed by atoms with Crippen LogP contribution in [0.4, 0.5) is 0 Å². The van der Waals surface area contributed by atoms with Crippen LogP contribution in [0.5, 0.6) is 0 Å². The first-order valence-electron chi connectivity index (χ1n) is 6.45. The molecule has 0 N–H and O–H groups in total. The van der Waals surface area contributed by atoms with Gasteiger partial charge in [-0.3, -0.25) is 0 Å². The molecule has 0 nitrogen and oxygen atoms in total. The van der Waals surface area contributed by atoms with E-state index in [2.05, 4.69) is 38.1 Å². The Balaban J connectivity index is 2.75. The SMILES string of the molecule is CCSCCCC(CCl)(CCl)c1ccc(C)cc1. The molecule has 0 aliphatic rings. The molecule has 0 aromatic heterocycles. The Bertz CT molecular complexity index is 331. The molecule has 1 rings (SSSR count). The molecule has 0 saturated carbocycles. The van der Waals surface area contributed by atoms with Crippen LogP contribution < -0.4 is 0 Å². The topological polar surface area (TPSA) is 0 Å². The quantitative estimate of drug-likeness (QED) is 0.467. The summed E-state index contributed by atoms with van der Waals surface area (Å²) in [4.78, 5) is 0. The van der Waals surface area contributed by atoms with E-state index in [-0.39, 0.29) is 5.41 Å². The maximum absolute atomic E-state index is 6.22. The zero-order chi connectivity index (χ0) is 13.4. The highest BCUT2D eigenvalue weighted by Gasteiger charge is 2.29. The first kappa shape index (κ1) is 16.2. The summed E-state index contributed by atoms with van der Waals surface area (Å²) in [7, 11) is 0. The van der Waals surface area contributed by atoms with Crippen LogP contribution in [0.15, 0.2) is 24.3 Å². The molecule has 0 unspecified atom stereocenters. The fourth-order valence-corrected chi connectivity index (χ4v) is 3.53. The van der Waals surface area contributed by atoms with Crippen molar-refractivity contribution in [2.24, 2.45) is 0 Å². The minimum atomic E-state index is -0.0644. The molecule has 3 heteroatoms. The van der Waals surface area contributed by atoms with E-state index in [1.165, 1.54) is 29.1 Å². The molecule has 0 radical (unpaired) electrons. The number of hydrogen-bond donors (Lipinski definition) is 0. The van der Waals surface area contributed by atoms with Crippen LogP contribution in [-0.4, -0.2) is 23.3 Å². The summed E-state index contributed by atoms with van der Waals surface area (Å²) in [5, 5.41) is 0. The molecule has 102 valence electrons. The van der Waals surface area contributed by atoms with E-state index in [0.29, 0.717) is 11.8 Å². The van der Waals surface area contributed by atoms with E-state index in [0.717, 1.165) is 6.42 Å². The first-order chi connectivity index (χ1) is 8.68. The zero-order valence-corrected chi connectivity index (χ0v) is 13.5. The van der Waals surface area contributed by atoms with Crippen LogP contribution in [0.1, 0.15) is 30.9 Å². The van der Waals surface area contributed by atoms with Crippen molar-refractivity contribution in [3.63, 3.8) is 0 Å². The van der Waals surface area contributed by atoms with Crippen molar-refractivity contribution in [2.45, 2.75) is 32.1 Å². The van der Waals surface area contributed by atoms with E-state index < -0.39 is 0 Å². The first-order valence-corrected chi connectivity index (χ1v) is 8.67. The lowest BCUT2D eigenvalue weighted by molar-refractivity contribution is 0.487. The van der Waals surface area contributed by atoms with Crippen molar-refractivity contribution in [2.75, 3.05) is 23.3 Å². The normalized spacial score (nSPS) is 11.8. The van der Waals surface area contributed by atoms with Crippen LogP contribution >= 0.6 is 35.0 Å². The predicted molar refractivity (Wildman–Crippen MR) is 86.5 cm³/mol. The molecule has 0 atom stereocenters. The molecule has 1 aromatic rings. The molecule has 0 bridgehead atoms.